The number of nitrogens with one attached hydrogen (secondary N) is 1. The number of nitrogens with two attached hydrogens (primary N) is 1. The summed E-state index contributed by atoms with van der Waals surface area (Å²) in [6.07, 6.45) is 2.84. The average molecular weight is 222 g/mol. The molecular formula is C13H19FN2. The number of rotatable bonds is 3. The quantitative estimate of drug-likeness (QED) is 0.817. The second-order valence-corrected chi connectivity index (χ2v) is 4.72. The van der Waals surface area contributed by atoms with Crippen LogP contribution in [0.1, 0.15) is 18.4 Å². The molecule has 1 fully saturated rings. The van der Waals surface area contributed by atoms with Gasteiger partial charge < -0.3 is 11.1 Å². The lowest BCUT2D eigenvalue weighted by Gasteiger charge is -2.36. The lowest BCUT2D eigenvalue weighted by molar-refractivity contribution is 0.208. The predicted octanol–water partition coefficient (Wildman–Crippen LogP) is 1.70. The van der Waals surface area contributed by atoms with Gasteiger partial charge in [0.05, 0.1) is 0 Å². The Balaban J connectivity index is 2.15. The van der Waals surface area contributed by atoms with E-state index >= 15 is 0 Å². The molecule has 3 heteroatoms. The second-order valence-electron chi connectivity index (χ2n) is 4.72. The summed E-state index contributed by atoms with van der Waals surface area (Å²) in [4.78, 5) is 0. The Hall–Kier alpha value is -0.930. The van der Waals surface area contributed by atoms with Crippen molar-refractivity contribution in [3.63, 3.8) is 0 Å². The Labute approximate surface area is 96.0 Å². The molecule has 0 saturated carbocycles. The molecule has 1 aromatic rings. The van der Waals surface area contributed by atoms with E-state index in [1.807, 2.05) is 12.1 Å². The van der Waals surface area contributed by atoms with Gasteiger partial charge in [0, 0.05) is 0 Å². The van der Waals surface area contributed by atoms with E-state index < -0.39 is 0 Å². The molecule has 16 heavy (non-hydrogen) atoms. The lowest BCUT2D eigenvalue weighted by atomic mass is 9.74. The Bertz CT molecular complexity index is 346. The molecule has 1 aromatic carbocycles. The van der Waals surface area contributed by atoms with Gasteiger partial charge in [-0.05, 0) is 55.9 Å². The molecule has 0 amide bonds. The molecule has 3 N–H and O–H groups in total. The van der Waals surface area contributed by atoms with Crippen LogP contribution in [0.3, 0.4) is 0 Å². The third kappa shape index (κ3) is 2.42. The molecule has 1 aliphatic rings. The smallest absolute Gasteiger partial charge is 0.126 e. The van der Waals surface area contributed by atoms with Crippen LogP contribution in [0.5, 0.6) is 0 Å². The van der Waals surface area contributed by atoms with Crippen molar-refractivity contribution in [3.8, 4) is 0 Å². The molecule has 0 radical (unpaired) electrons. The fraction of sp³-hybridized carbons (Fsp3) is 0.538. The van der Waals surface area contributed by atoms with Gasteiger partial charge in [0.25, 0.3) is 0 Å². The maximum absolute atomic E-state index is 13.6. The van der Waals surface area contributed by atoms with E-state index in [9.17, 15) is 4.39 Å². The van der Waals surface area contributed by atoms with E-state index in [1.54, 1.807) is 6.07 Å². The molecule has 1 heterocycles. The van der Waals surface area contributed by atoms with Gasteiger partial charge >= 0.3 is 0 Å². The standard InChI is InChI=1S/C13H19FN2/c14-12-4-2-1-3-11(12)9-13(10-15)5-7-16-8-6-13/h1-4,16H,5-10,15H2. The molecule has 0 unspecified atom stereocenters. The Morgan fingerprint density at radius 3 is 2.56 bits per heavy atom. The maximum atomic E-state index is 13.6. The van der Waals surface area contributed by atoms with Crippen molar-refractivity contribution in [2.75, 3.05) is 19.6 Å². The molecule has 2 rings (SSSR count). The summed E-state index contributed by atoms with van der Waals surface area (Å²) in [5, 5.41) is 3.32. The van der Waals surface area contributed by atoms with Gasteiger partial charge in [0.1, 0.15) is 5.82 Å². The highest BCUT2D eigenvalue weighted by Crippen LogP contribution is 2.32. The van der Waals surface area contributed by atoms with E-state index in [1.165, 1.54) is 6.07 Å². The van der Waals surface area contributed by atoms with Gasteiger partial charge in [-0.2, -0.15) is 0 Å². The van der Waals surface area contributed by atoms with Crippen LogP contribution in [-0.4, -0.2) is 19.6 Å². The first-order valence-corrected chi connectivity index (χ1v) is 5.90. The summed E-state index contributed by atoms with van der Waals surface area (Å²) >= 11 is 0. The van der Waals surface area contributed by atoms with E-state index in [4.69, 9.17) is 5.73 Å². The Kier molecular flexibility index (Phi) is 3.56. The summed E-state index contributed by atoms with van der Waals surface area (Å²) < 4.78 is 13.6. The highest BCUT2D eigenvalue weighted by Gasteiger charge is 2.31. The van der Waals surface area contributed by atoms with Crippen molar-refractivity contribution in [1.29, 1.82) is 0 Å². The SMILES string of the molecule is NCC1(Cc2ccccc2F)CCNCC1. The van der Waals surface area contributed by atoms with Crippen LogP contribution in [0, 0.1) is 11.2 Å². The molecule has 0 atom stereocenters. The molecular weight excluding hydrogens is 203 g/mol. The first kappa shape index (κ1) is 11.6. The Morgan fingerprint density at radius 1 is 1.25 bits per heavy atom. The van der Waals surface area contributed by atoms with Crippen LogP contribution in [-0.2, 0) is 6.42 Å². The summed E-state index contributed by atoms with van der Waals surface area (Å²) in [6.45, 7) is 2.63. The summed E-state index contributed by atoms with van der Waals surface area (Å²) in [5.41, 5.74) is 6.78. The topological polar surface area (TPSA) is 38.0 Å². The number of benzene rings is 1. The zero-order valence-corrected chi connectivity index (χ0v) is 9.51. The largest absolute Gasteiger partial charge is 0.330 e. The van der Waals surface area contributed by atoms with Crippen molar-refractivity contribution in [3.05, 3.63) is 35.6 Å². The fourth-order valence-corrected chi connectivity index (χ4v) is 2.46. The second kappa shape index (κ2) is 4.93. The van der Waals surface area contributed by atoms with Crippen LogP contribution in [0.4, 0.5) is 4.39 Å². The Morgan fingerprint density at radius 2 is 1.94 bits per heavy atom. The van der Waals surface area contributed by atoms with Crippen LogP contribution in [0.15, 0.2) is 24.3 Å². The number of hydrogen-bond acceptors (Lipinski definition) is 2. The minimum absolute atomic E-state index is 0.0907. The molecule has 0 spiro atoms. The number of hydrogen-bond donors (Lipinski definition) is 2. The van der Waals surface area contributed by atoms with Crippen molar-refractivity contribution in [2.45, 2.75) is 19.3 Å². The van der Waals surface area contributed by atoms with Gasteiger partial charge in [0.15, 0.2) is 0 Å². The summed E-state index contributed by atoms with van der Waals surface area (Å²) in [5.74, 6) is -0.103. The van der Waals surface area contributed by atoms with E-state index in [0.29, 0.717) is 6.54 Å². The minimum atomic E-state index is -0.103. The van der Waals surface area contributed by atoms with Crippen LogP contribution < -0.4 is 11.1 Å². The van der Waals surface area contributed by atoms with Crippen LogP contribution in [0.25, 0.3) is 0 Å². The highest BCUT2D eigenvalue weighted by atomic mass is 19.1. The maximum Gasteiger partial charge on any atom is 0.126 e. The number of piperidine rings is 1. The van der Waals surface area contributed by atoms with Crippen molar-refractivity contribution >= 4 is 0 Å². The minimum Gasteiger partial charge on any atom is -0.330 e. The van der Waals surface area contributed by atoms with Crippen molar-refractivity contribution in [2.24, 2.45) is 11.1 Å². The third-order valence-corrected chi connectivity index (χ3v) is 3.62. The first-order chi connectivity index (χ1) is 7.76. The number of halogens is 1. The molecule has 0 bridgehead atoms. The summed E-state index contributed by atoms with van der Waals surface area (Å²) in [6, 6.07) is 7.02. The van der Waals surface area contributed by atoms with Gasteiger partial charge in [-0.25, -0.2) is 4.39 Å². The lowest BCUT2D eigenvalue weighted by Crippen LogP contribution is -2.43. The van der Waals surface area contributed by atoms with Crippen molar-refractivity contribution in [1.82, 2.24) is 5.32 Å². The molecule has 2 nitrogen and oxygen atoms in total. The van der Waals surface area contributed by atoms with Gasteiger partial charge in [-0.15, -0.1) is 0 Å². The molecule has 1 saturated heterocycles. The fourth-order valence-electron chi connectivity index (χ4n) is 2.46. The first-order valence-electron chi connectivity index (χ1n) is 5.90. The normalized spacial score (nSPS) is 19.6. The van der Waals surface area contributed by atoms with Crippen LogP contribution >= 0.6 is 0 Å². The van der Waals surface area contributed by atoms with E-state index in [2.05, 4.69) is 5.32 Å². The third-order valence-electron chi connectivity index (χ3n) is 3.62. The van der Waals surface area contributed by atoms with Gasteiger partial charge in [-0.3, -0.25) is 0 Å². The van der Waals surface area contributed by atoms with Gasteiger partial charge in [-0.1, -0.05) is 18.2 Å². The van der Waals surface area contributed by atoms with E-state index in [-0.39, 0.29) is 11.2 Å². The highest BCUT2D eigenvalue weighted by molar-refractivity contribution is 5.19. The summed E-state index contributed by atoms with van der Waals surface area (Å²) in [7, 11) is 0. The van der Waals surface area contributed by atoms with E-state index in [0.717, 1.165) is 37.9 Å². The molecule has 0 aliphatic carbocycles. The molecule has 88 valence electrons. The van der Waals surface area contributed by atoms with Crippen LogP contribution in [0.2, 0.25) is 0 Å². The zero-order chi connectivity index (χ0) is 11.4. The predicted molar refractivity (Wildman–Crippen MR) is 63.7 cm³/mol. The monoisotopic (exact) mass is 222 g/mol. The van der Waals surface area contributed by atoms with Gasteiger partial charge in [0.2, 0.25) is 0 Å². The van der Waals surface area contributed by atoms with Crippen molar-refractivity contribution < 1.29 is 4.39 Å². The molecule has 0 aromatic heterocycles. The average Bonchev–Trinajstić information content (AvgIpc) is 2.33. The zero-order valence-electron chi connectivity index (χ0n) is 9.51. The molecule has 1 aliphatic heterocycles.